The maximum atomic E-state index is 12.3. The number of anilines is 2. The Labute approximate surface area is 152 Å². The van der Waals surface area contributed by atoms with Crippen molar-refractivity contribution in [3.63, 3.8) is 0 Å². The number of aryl methyl sites for hydroxylation is 1. The molecule has 0 spiro atoms. The molecule has 1 heterocycles. The number of pyridine rings is 1. The van der Waals surface area contributed by atoms with E-state index in [1.54, 1.807) is 19.4 Å². The van der Waals surface area contributed by atoms with Crippen molar-refractivity contribution in [1.29, 1.82) is 0 Å². The topological polar surface area (TPSA) is 63.2 Å². The maximum Gasteiger partial charge on any atom is 0.323 e. The molecule has 0 fully saturated rings. The second-order valence-corrected chi connectivity index (χ2v) is 5.33. The molecule has 5 nitrogen and oxygen atoms in total. The Kier molecular flexibility index (Phi) is 6.19. The highest BCUT2D eigenvalue weighted by Crippen LogP contribution is 2.24. The van der Waals surface area contributed by atoms with Gasteiger partial charge in [0.2, 0.25) is 0 Å². The highest BCUT2D eigenvalue weighted by molar-refractivity contribution is 6.05. The van der Waals surface area contributed by atoms with E-state index in [9.17, 15) is 4.79 Å². The third-order valence-electron chi connectivity index (χ3n) is 3.82. The molecule has 0 atom stereocenters. The van der Waals surface area contributed by atoms with Crippen molar-refractivity contribution in [3.8, 4) is 5.75 Å². The minimum absolute atomic E-state index is 0. The van der Waals surface area contributed by atoms with Crippen LogP contribution in [0.4, 0.5) is 16.2 Å². The van der Waals surface area contributed by atoms with E-state index in [-0.39, 0.29) is 18.4 Å². The van der Waals surface area contributed by atoms with Gasteiger partial charge in [-0.2, -0.15) is 0 Å². The molecule has 0 aliphatic heterocycles. The van der Waals surface area contributed by atoms with Gasteiger partial charge in [-0.05, 0) is 42.3 Å². The van der Waals surface area contributed by atoms with Crippen molar-refractivity contribution in [2.24, 2.45) is 0 Å². The summed E-state index contributed by atoms with van der Waals surface area (Å²) in [6.45, 7) is 2.05. The number of nitrogens with zero attached hydrogens (tertiary/aromatic N) is 1. The number of para-hydroxylation sites is 1. The molecule has 2 amide bonds. The number of ether oxygens (including phenoxy) is 1. The summed E-state index contributed by atoms with van der Waals surface area (Å²) in [4.78, 5) is 16.6. The number of carbonyl (C=O) groups excluding carboxylic acids is 1. The summed E-state index contributed by atoms with van der Waals surface area (Å²) < 4.78 is 5.30. The summed E-state index contributed by atoms with van der Waals surface area (Å²) in [5.74, 6) is 0.823. The molecule has 130 valence electrons. The molecule has 0 aliphatic carbocycles. The molecule has 0 saturated carbocycles. The summed E-state index contributed by atoms with van der Waals surface area (Å²) in [5, 5.41) is 6.64. The number of hydrogen-bond acceptors (Lipinski definition) is 3. The standard InChI is InChI=1S/C19H19N3O2.ClH/c1-3-13-12-14(8-9-18(13)24-2)21-19(23)22-17-10-11-20-16-7-5-4-6-15(16)17;/h4-12H,3H2,1-2H3,(H2,20,21,22,23);1H. The Balaban J connectivity index is 0.00000225. The van der Waals surface area contributed by atoms with E-state index in [4.69, 9.17) is 4.74 Å². The molecule has 1 aromatic heterocycles. The van der Waals surface area contributed by atoms with Gasteiger partial charge in [-0.15, -0.1) is 12.4 Å². The lowest BCUT2D eigenvalue weighted by molar-refractivity contribution is 0.262. The number of hydrogen-bond donors (Lipinski definition) is 2. The monoisotopic (exact) mass is 357 g/mol. The molecule has 0 bridgehead atoms. The van der Waals surface area contributed by atoms with Crippen LogP contribution in [0.25, 0.3) is 10.9 Å². The SMILES string of the molecule is CCc1cc(NC(=O)Nc2ccnc3ccccc23)ccc1OC.Cl. The first-order valence-corrected chi connectivity index (χ1v) is 7.80. The quantitative estimate of drug-likeness (QED) is 0.700. The van der Waals surface area contributed by atoms with Gasteiger partial charge in [0.15, 0.2) is 0 Å². The number of benzene rings is 2. The second-order valence-electron chi connectivity index (χ2n) is 5.33. The molecule has 0 aliphatic rings. The predicted octanol–water partition coefficient (Wildman–Crippen LogP) is 4.87. The number of fused-ring (bicyclic) bond motifs is 1. The number of urea groups is 1. The maximum absolute atomic E-state index is 12.3. The van der Waals surface area contributed by atoms with Crippen molar-refractivity contribution in [3.05, 3.63) is 60.3 Å². The highest BCUT2D eigenvalue weighted by atomic mass is 35.5. The molecule has 2 aromatic carbocycles. The van der Waals surface area contributed by atoms with Gasteiger partial charge >= 0.3 is 6.03 Å². The number of rotatable bonds is 4. The van der Waals surface area contributed by atoms with E-state index in [0.29, 0.717) is 0 Å². The van der Waals surface area contributed by atoms with Crippen LogP contribution < -0.4 is 15.4 Å². The summed E-state index contributed by atoms with van der Waals surface area (Å²) in [6, 6.07) is 14.8. The highest BCUT2D eigenvalue weighted by Gasteiger charge is 2.08. The van der Waals surface area contributed by atoms with Gasteiger partial charge in [-0.3, -0.25) is 4.98 Å². The minimum Gasteiger partial charge on any atom is -0.496 e. The van der Waals surface area contributed by atoms with Crippen LogP contribution in [0.5, 0.6) is 5.75 Å². The molecular formula is C19H20ClN3O2. The van der Waals surface area contributed by atoms with Crippen LogP contribution in [-0.4, -0.2) is 18.1 Å². The molecule has 0 radical (unpaired) electrons. The van der Waals surface area contributed by atoms with Crippen LogP contribution >= 0.6 is 12.4 Å². The average molecular weight is 358 g/mol. The van der Waals surface area contributed by atoms with Crippen LogP contribution in [0.1, 0.15) is 12.5 Å². The summed E-state index contributed by atoms with van der Waals surface area (Å²) >= 11 is 0. The first kappa shape index (κ1) is 18.5. The van der Waals surface area contributed by atoms with E-state index < -0.39 is 0 Å². The minimum atomic E-state index is -0.293. The van der Waals surface area contributed by atoms with Gasteiger partial charge in [0.25, 0.3) is 0 Å². The smallest absolute Gasteiger partial charge is 0.323 e. The number of amides is 2. The normalized spacial score (nSPS) is 10.0. The zero-order valence-electron chi connectivity index (χ0n) is 14.1. The average Bonchev–Trinajstić information content (AvgIpc) is 2.62. The number of carbonyl (C=O) groups is 1. The van der Waals surface area contributed by atoms with Crippen LogP contribution in [0, 0.1) is 0 Å². The third-order valence-corrected chi connectivity index (χ3v) is 3.82. The van der Waals surface area contributed by atoms with Gasteiger partial charge < -0.3 is 15.4 Å². The molecule has 2 N–H and O–H groups in total. The molecule has 6 heteroatoms. The van der Waals surface area contributed by atoms with Crippen molar-refractivity contribution in [2.75, 3.05) is 17.7 Å². The Morgan fingerprint density at radius 1 is 1.12 bits per heavy atom. The largest absolute Gasteiger partial charge is 0.496 e. The second kappa shape index (κ2) is 8.35. The van der Waals surface area contributed by atoms with Gasteiger partial charge in [0.05, 0.1) is 18.3 Å². The van der Waals surface area contributed by atoms with E-state index in [0.717, 1.165) is 40.0 Å². The lowest BCUT2D eigenvalue weighted by atomic mass is 10.1. The summed E-state index contributed by atoms with van der Waals surface area (Å²) in [6.07, 6.45) is 2.51. The first-order chi connectivity index (χ1) is 11.7. The lowest BCUT2D eigenvalue weighted by Crippen LogP contribution is -2.19. The molecule has 25 heavy (non-hydrogen) atoms. The van der Waals surface area contributed by atoms with Crippen LogP contribution in [0.3, 0.4) is 0 Å². The predicted molar refractivity (Wildman–Crippen MR) is 104 cm³/mol. The molecule has 0 saturated heterocycles. The van der Waals surface area contributed by atoms with E-state index in [2.05, 4.69) is 15.6 Å². The Bertz CT molecular complexity index is 878. The summed E-state index contributed by atoms with van der Waals surface area (Å²) in [5.41, 5.74) is 3.34. The Morgan fingerprint density at radius 3 is 2.68 bits per heavy atom. The van der Waals surface area contributed by atoms with Gasteiger partial charge in [0.1, 0.15) is 5.75 Å². The van der Waals surface area contributed by atoms with Gasteiger partial charge in [-0.1, -0.05) is 25.1 Å². The molecular weight excluding hydrogens is 338 g/mol. The van der Waals surface area contributed by atoms with Crippen LogP contribution in [-0.2, 0) is 6.42 Å². The molecule has 3 aromatic rings. The Morgan fingerprint density at radius 2 is 1.92 bits per heavy atom. The first-order valence-electron chi connectivity index (χ1n) is 7.80. The van der Waals surface area contributed by atoms with E-state index in [1.807, 2.05) is 49.4 Å². The fourth-order valence-electron chi connectivity index (χ4n) is 2.62. The van der Waals surface area contributed by atoms with E-state index in [1.165, 1.54) is 0 Å². The summed E-state index contributed by atoms with van der Waals surface area (Å²) in [7, 11) is 1.64. The lowest BCUT2D eigenvalue weighted by Gasteiger charge is -2.12. The van der Waals surface area contributed by atoms with Crippen molar-refractivity contribution < 1.29 is 9.53 Å². The number of aromatic nitrogens is 1. The fraction of sp³-hybridized carbons (Fsp3) is 0.158. The van der Waals surface area contributed by atoms with Crippen LogP contribution in [0.2, 0.25) is 0 Å². The molecule has 0 unspecified atom stereocenters. The third kappa shape index (κ3) is 4.19. The van der Waals surface area contributed by atoms with Gasteiger partial charge in [0, 0.05) is 17.3 Å². The zero-order valence-corrected chi connectivity index (χ0v) is 14.9. The van der Waals surface area contributed by atoms with E-state index >= 15 is 0 Å². The van der Waals surface area contributed by atoms with Crippen molar-refractivity contribution >= 4 is 40.7 Å². The van der Waals surface area contributed by atoms with Crippen molar-refractivity contribution in [1.82, 2.24) is 4.98 Å². The van der Waals surface area contributed by atoms with Crippen molar-refractivity contribution in [2.45, 2.75) is 13.3 Å². The number of nitrogens with one attached hydrogen (secondary N) is 2. The fourth-order valence-corrected chi connectivity index (χ4v) is 2.62. The molecule has 3 rings (SSSR count). The van der Waals surface area contributed by atoms with Crippen LogP contribution in [0.15, 0.2) is 54.7 Å². The number of methoxy groups -OCH3 is 1. The van der Waals surface area contributed by atoms with Gasteiger partial charge in [-0.25, -0.2) is 4.79 Å². The number of halogens is 1. The zero-order chi connectivity index (χ0) is 16.9. The Hall–Kier alpha value is -2.79.